The molecule has 1 atom stereocenters. The van der Waals surface area contributed by atoms with Gasteiger partial charge in [0.2, 0.25) is 0 Å². The normalized spacial score (nSPS) is 19.0. The molecule has 0 spiro atoms. The molecule has 1 aliphatic rings. The first-order valence-corrected chi connectivity index (χ1v) is 10.1. The highest BCUT2D eigenvalue weighted by Gasteiger charge is 2.30. The predicted octanol–water partition coefficient (Wildman–Crippen LogP) is 2.34. The van der Waals surface area contributed by atoms with Gasteiger partial charge in [-0.3, -0.25) is 4.79 Å². The molecule has 0 radical (unpaired) electrons. The standard InChI is InChI=1S/C18H17FN2O4S/c19-13-3-1-12(2-4-13)10-21-15-5-7-25-17(15)9-16(21)18(22)20-14-6-8-26(23,24)11-14/h1-5,7,9,14H,6,8,10-11H2,(H,20,22)/t14-/m1/s1. The molecule has 0 unspecified atom stereocenters. The van der Waals surface area contributed by atoms with E-state index in [1.54, 1.807) is 28.8 Å². The van der Waals surface area contributed by atoms with Crippen LogP contribution in [0.4, 0.5) is 4.39 Å². The number of fused-ring (bicyclic) bond motifs is 1. The summed E-state index contributed by atoms with van der Waals surface area (Å²) in [5.41, 5.74) is 2.53. The van der Waals surface area contributed by atoms with Crippen LogP contribution in [0.1, 0.15) is 22.5 Å². The molecule has 8 heteroatoms. The number of sulfone groups is 1. The summed E-state index contributed by atoms with van der Waals surface area (Å²) in [7, 11) is -3.08. The highest BCUT2D eigenvalue weighted by atomic mass is 32.2. The van der Waals surface area contributed by atoms with Gasteiger partial charge in [0.05, 0.1) is 23.3 Å². The number of carbonyl (C=O) groups is 1. The number of benzene rings is 1. The van der Waals surface area contributed by atoms with Crippen molar-refractivity contribution in [3.8, 4) is 0 Å². The number of hydrogen-bond donors (Lipinski definition) is 1. The summed E-state index contributed by atoms with van der Waals surface area (Å²) in [5.74, 6) is -0.611. The minimum absolute atomic E-state index is 0.0342. The van der Waals surface area contributed by atoms with Crippen LogP contribution >= 0.6 is 0 Å². The van der Waals surface area contributed by atoms with Gasteiger partial charge in [-0.15, -0.1) is 0 Å². The molecule has 3 aromatic rings. The van der Waals surface area contributed by atoms with E-state index in [0.717, 1.165) is 11.1 Å². The molecule has 2 aromatic heterocycles. The molecule has 6 nitrogen and oxygen atoms in total. The van der Waals surface area contributed by atoms with Crippen LogP contribution in [0.25, 0.3) is 11.1 Å². The van der Waals surface area contributed by atoms with Crippen LogP contribution in [0.2, 0.25) is 0 Å². The summed E-state index contributed by atoms with van der Waals surface area (Å²) in [4.78, 5) is 12.7. The third-order valence-electron chi connectivity index (χ3n) is 4.58. The van der Waals surface area contributed by atoms with Gasteiger partial charge < -0.3 is 14.3 Å². The van der Waals surface area contributed by atoms with E-state index in [4.69, 9.17) is 4.42 Å². The van der Waals surface area contributed by atoms with E-state index >= 15 is 0 Å². The van der Waals surface area contributed by atoms with Gasteiger partial charge in [-0.25, -0.2) is 12.8 Å². The van der Waals surface area contributed by atoms with Crippen molar-refractivity contribution < 1.29 is 22.0 Å². The van der Waals surface area contributed by atoms with Crippen LogP contribution in [0.15, 0.2) is 47.1 Å². The van der Waals surface area contributed by atoms with Crippen molar-refractivity contribution in [2.45, 2.75) is 19.0 Å². The predicted molar refractivity (Wildman–Crippen MR) is 94.2 cm³/mol. The molecule has 26 heavy (non-hydrogen) atoms. The molecule has 0 bridgehead atoms. The first kappa shape index (κ1) is 16.8. The van der Waals surface area contributed by atoms with Crippen molar-refractivity contribution in [2.75, 3.05) is 11.5 Å². The van der Waals surface area contributed by atoms with Gasteiger partial charge in [0.25, 0.3) is 5.91 Å². The minimum atomic E-state index is -3.08. The highest BCUT2D eigenvalue weighted by Crippen LogP contribution is 2.23. The fourth-order valence-corrected chi connectivity index (χ4v) is 4.95. The smallest absolute Gasteiger partial charge is 0.268 e. The van der Waals surface area contributed by atoms with Gasteiger partial charge in [-0.05, 0) is 24.1 Å². The quantitative estimate of drug-likeness (QED) is 0.758. The second-order valence-electron chi connectivity index (χ2n) is 6.49. The molecule has 0 saturated carbocycles. The zero-order chi connectivity index (χ0) is 18.3. The van der Waals surface area contributed by atoms with Gasteiger partial charge >= 0.3 is 0 Å². The van der Waals surface area contributed by atoms with E-state index < -0.39 is 9.84 Å². The van der Waals surface area contributed by atoms with Crippen LogP contribution in [-0.2, 0) is 16.4 Å². The van der Waals surface area contributed by atoms with Crippen molar-refractivity contribution in [3.63, 3.8) is 0 Å². The molecule has 3 heterocycles. The summed E-state index contributed by atoms with van der Waals surface area (Å²) in [6.45, 7) is 0.370. The first-order valence-electron chi connectivity index (χ1n) is 8.24. The minimum Gasteiger partial charge on any atom is -0.463 e. The number of amides is 1. The Morgan fingerprint density at radius 3 is 2.73 bits per heavy atom. The highest BCUT2D eigenvalue weighted by molar-refractivity contribution is 7.91. The molecule has 1 aliphatic heterocycles. The molecule has 4 rings (SSSR count). The Hall–Kier alpha value is -2.61. The van der Waals surface area contributed by atoms with Gasteiger partial charge in [-0.1, -0.05) is 12.1 Å². The SMILES string of the molecule is O=C(N[C@@H]1CCS(=O)(=O)C1)c1cc2occc2n1Cc1ccc(F)cc1. The van der Waals surface area contributed by atoms with Crippen LogP contribution < -0.4 is 5.32 Å². The Morgan fingerprint density at radius 2 is 2.04 bits per heavy atom. The van der Waals surface area contributed by atoms with Gasteiger partial charge in [-0.2, -0.15) is 0 Å². The average molecular weight is 376 g/mol. The summed E-state index contributed by atoms with van der Waals surface area (Å²) in [6.07, 6.45) is 1.96. The van der Waals surface area contributed by atoms with Crippen molar-refractivity contribution in [1.29, 1.82) is 0 Å². The monoisotopic (exact) mass is 376 g/mol. The Labute approximate surface area is 149 Å². The lowest BCUT2D eigenvalue weighted by molar-refractivity contribution is 0.0932. The Bertz CT molecular complexity index is 1070. The van der Waals surface area contributed by atoms with E-state index in [1.165, 1.54) is 18.4 Å². The zero-order valence-corrected chi connectivity index (χ0v) is 14.6. The maximum Gasteiger partial charge on any atom is 0.268 e. The maximum absolute atomic E-state index is 13.1. The molecule has 1 N–H and O–H groups in total. The second-order valence-corrected chi connectivity index (χ2v) is 8.71. The van der Waals surface area contributed by atoms with Crippen LogP contribution in [0, 0.1) is 5.82 Å². The lowest BCUT2D eigenvalue weighted by Crippen LogP contribution is -2.36. The topological polar surface area (TPSA) is 81.3 Å². The van der Waals surface area contributed by atoms with Gasteiger partial charge in [0.1, 0.15) is 11.5 Å². The van der Waals surface area contributed by atoms with E-state index in [0.29, 0.717) is 24.2 Å². The third kappa shape index (κ3) is 3.24. The first-order chi connectivity index (χ1) is 12.4. The summed E-state index contributed by atoms with van der Waals surface area (Å²) >= 11 is 0. The number of aromatic nitrogens is 1. The van der Waals surface area contributed by atoms with Crippen molar-refractivity contribution in [3.05, 3.63) is 59.7 Å². The molecule has 1 amide bonds. The van der Waals surface area contributed by atoms with Crippen molar-refractivity contribution in [2.24, 2.45) is 0 Å². The summed E-state index contributed by atoms with van der Waals surface area (Å²) in [6, 6.07) is 9.07. The van der Waals surface area contributed by atoms with Crippen LogP contribution in [-0.4, -0.2) is 36.4 Å². The number of furan rings is 1. The van der Waals surface area contributed by atoms with E-state index in [2.05, 4.69) is 5.32 Å². The largest absolute Gasteiger partial charge is 0.463 e. The van der Waals surface area contributed by atoms with Crippen molar-refractivity contribution in [1.82, 2.24) is 9.88 Å². The fourth-order valence-electron chi connectivity index (χ4n) is 3.28. The van der Waals surface area contributed by atoms with E-state index in [-0.39, 0.29) is 29.3 Å². The third-order valence-corrected chi connectivity index (χ3v) is 6.34. The molecular weight excluding hydrogens is 359 g/mol. The molecule has 136 valence electrons. The number of nitrogens with one attached hydrogen (secondary N) is 1. The maximum atomic E-state index is 13.1. The second kappa shape index (κ2) is 6.28. The Balaban J connectivity index is 1.63. The van der Waals surface area contributed by atoms with E-state index in [1.807, 2.05) is 0 Å². The van der Waals surface area contributed by atoms with Gasteiger partial charge in [0.15, 0.2) is 15.4 Å². The lowest BCUT2D eigenvalue weighted by Gasteiger charge is -2.13. The number of rotatable bonds is 4. The van der Waals surface area contributed by atoms with Crippen molar-refractivity contribution >= 4 is 26.8 Å². The van der Waals surface area contributed by atoms with E-state index in [9.17, 15) is 17.6 Å². The average Bonchev–Trinajstić information content (AvgIpc) is 3.25. The molecule has 0 aliphatic carbocycles. The molecule has 1 aromatic carbocycles. The summed E-state index contributed by atoms with van der Waals surface area (Å²) < 4.78 is 43.5. The number of hydrogen-bond acceptors (Lipinski definition) is 4. The van der Waals surface area contributed by atoms with Gasteiger partial charge in [0, 0.05) is 24.7 Å². The number of nitrogens with zero attached hydrogens (tertiary/aromatic N) is 1. The Kier molecular flexibility index (Phi) is 4.07. The molecule has 1 fully saturated rings. The van der Waals surface area contributed by atoms with Crippen LogP contribution in [0.5, 0.6) is 0 Å². The molecular formula is C18H17FN2O4S. The fraction of sp³-hybridized carbons (Fsp3) is 0.278. The molecule has 1 saturated heterocycles. The Morgan fingerprint density at radius 1 is 1.27 bits per heavy atom. The number of carbonyl (C=O) groups excluding carboxylic acids is 1. The zero-order valence-electron chi connectivity index (χ0n) is 13.8. The number of halogens is 1. The summed E-state index contributed by atoms with van der Waals surface area (Å²) in [5, 5.41) is 2.80. The lowest BCUT2D eigenvalue weighted by atomic mass is 10.2. The van der Waals surface area contributed by atoms with Crippen LogP contribution in [0.3, 0.4) is 0 Å².